The SMILES string of the molecule is O=C(Nc1cc(-c2c(-c3ccc(F)cc3)ncn2CC(=O)N2CCN(C(=O)OCc3ccccc3)CC2)ccn1)C1CC1. The highest BCUT2D eigenvalue weighted by Gasteiger charge is 2.30. The summed E-state index contributed by atoms with van der Waals surface area (Å²) < 4.78 is 20.9. The van der Waals surface area contributed by atoms with Gasteiger partial charge < -0.3 is 24.4 Å². The molecule has 1 aliphatic carbocycles. The number of aromatic nitrogens is 3. The Morgan fingerprint density at radius 1 is 0.884 bits per heavy atom. The lowest BCUT2D eigenvalue weighted by atomic mass is 10.1. The van der Waals surface area contributed by atoms with E-state index in [9.17, 15) is 18.8 Å². The van der Waals surface area contributed by atoms with Crippen LogP contribution in [0.2, 0.25) is 0 Å². The first-order valence-electron chi connectivity index (χ1n) is 14.3. The van der Waals surface area contributed by atoms with E-state index >= 15 is 0 Å². The quantitative estimate of drug-likeness (QED) is 0.326. The van der Waals surface area contributed by atoms with Gasteiger partial charge in [0, 0.05) is 49.4 Å². The summed E-state index contributed by atoms with van der Waals surface area (Å²) in [5.74, 6) is -0.117. The molecule has 1 N–H and O–H groups in total. The molecule has 2 fully saturated rings. The predicted octanol–water partition coefficient (Wildman–Crippen LogP) is 4.58. The van der Waals surface area contributed by atoms with Crippen LogP contribution in [0, 0.1) is 11.7 Å². The molecule has 0 radical (unpaired) electrons. The van der Waals surface area contributed by atoms with Crippen molar-refractivity contribution in [1.82, 2.24) is 24.3 Å². The number of rotatable bonds is 8. The van der Waals surface area contributed by atoms with Gasteiger partial charge in [0.05, 0.1) is 17.7 Å². The number of carbonyl (C=O) groups is 3. The monoisotopic (exact) mass is 582 g/mol. The van der Waals surface area contributed by atoms with Crippen LogP contribution in [0.25, 0.3) is 22.5 Å². The van der Waals surface area contributed by atoms with Crippen molar-refractivity contribution in [3.8, 4) is 22.5 Å². The number of nitrogens with zero attached hydrogens (tertiary/aromatic N) is 5. The van der Waals surface area contributed by atoms with Crippen molar-refractivity contribution in [2.45, 2.75) is 26.0 Å². The number of hydrogen-bond donors (Lipinski definition) is 1. The van der Waals surface area contributed by atoms with Crippen LogP contribution >= 0.6 is 0 Å². The molecule has 1 saturated carbocycles. The van der Waals surface area contributed by atoms with E-state index in [1.165, 1.54) is 12.1 Å². The predicted molar refractivity (Wildman–Crippen MR) is 157 cm³/mol. The lowest BCUT2D eigenvalue weighted by molar-refractivity contribution is -0.133. The van der Waals surface area contributed by atoms with E-state index in [0.717, 1.165) is 18.4 Å². The van der Waals surface area contributed by atoms with Gasteiger partial charge in [0.25, 0.3) is 0 Å². The fraction of sp³-hybridized carbons (Fsp3) is 0.281. The molecule has 0 bridgehead atoms. The number of nitrogens with one attached hydrogen (secondary N) is 1. The highest BCUT2D eigenvalue weighted by atomic mass is 19.1. The van der Waals surface area contributed by atoms with Gasteiger partial charge in [-0.15, -0.1) is 0 Å². The minimum Gasteiger partial charge on any atom is -0.445 e. The lowest BCUT2D eigenvalue weighted by Gasteiger charge is -2.34. The number of pyridine rings is 1. The first kappa shape index (κ1) is 28.1. The van der Waals surface area contributed by atoms with E-state index in [0.29, 0.717) is 54.5 Å². The molecule has 2 aromatic heterocycles. The Morgan fingerprint density at radius 3 is 2.33 bits per heavy atom. The third kappa shape index (κ3) is 6.72. The summed E-state index contributed by atoms with van der Waals surface area (Å²) in [7, 11) is 0. The zero-order valence-electron chi connectivity index (χ0n) is 23.5. The molecule has 43 heavy (non-hydrogen) atoms. The van der Waals surface area contributed by atoms with E-state index in [-0.39, 0.29) is 36.7 Å². The molecule has 220 valence electrons. The average Bonchev–Trinajstić information content (AvgIpc) is 3.81. The van der Waals surface area contributed by atoms with Crippen LogP contribution in [0.1, 0.15) is 18.4 Å². The average molecular weight is 583 g/mol. The Kier molecular flexibility index (Phi) is 8.12. The number of carbonyl (C=O) groups excluding carboxylic acids is 3. The minimum absolute atomic E-state index is 0.00801. The molecule has 6 rings (SSSR count). The summed E-state index contributed by atoms with van der Waals surface area (Å²) in [6.07, 6.45) is 4.53. The van der Waals surface area contributed by atoms with Gasteiger partial charge in [-0.3, -0.25) is 9.59 Å². The molecular formula is C32H31FN6O4. The molecule has 4 aromatic rings. The van der Waals surface area contributed by atoms with E-state index < -0.39 is 6.09 Å². The molecule has 10 nitrogen and oxygen atoms in total. The Balaban J connectivity index is 1.16. The van der Waals surface area contributed by atoms with Crippen molar-refractivity contribution in [2.75, 3.05) is 31.5 Å². The highest BCUT2D eigenvalue weighted by Crippen LogP contribution is 2.33. The second-order valence-electron chi connectivity index (χ2n) is 10.7. The van der Waals surface area contributed by atoms with Crippen molar-refractivity contribution in [3.63, 3.8) is 0 Å². The Hall–Kier alpha value is -5.06. The minimum atomic E-state index is -0.404. The largest absolute Gasteiger partial charge is 0.445 e. The molecular weight excluding hydrogens is 551 g/mol. The van der Waals surface area contributed by atoms with Gasteiger partial charge in [0.2, 0.25) is 11.8 Å². The van der Waals surface area contributed by atoms with Crippen molar-refractivity contribution >= 4 is 23.7 Å². The molecule has 2 aromatic carbocycles. The van der Waals surface area contributed by atoms with Crippen molar-refractivity contribution < 1.29 is 23.5 Å². The molecule has 1 aliphatic heterocycles. The zero-order chi connectivity index (χ0) is 29.8. The third-order valence-electron chi connectivity index (χ3n) is 7.59. The summed E-state index contributed by atoms with van der Waals surface area (Å²) in [5.41, 5.74) is 3.52. The number of imidazole rings is 1. The maximum Gasteiger partial charge on any atom is 0.410 e. The third-order valence-corrected chi connectivity index (χ3v) is 7.59. The Labute approximate surface area is 248 Å². The summed E-state index contributed by atoms with van der Waals surface area (Å²) in [4.78, 5) is 50.6. The van der Waals surface area contributed by atoms with Crippen LogP contribution in [0.15, 0.2) is 79.3 Å². The number of halogens is 1. The van der Waals surface area contributed by atoms with Gasteiger partial charge in [0.1, 0.15) is 24.8 Å². The summed E-state index contributed by atoms with van der Waals surface area (Å²) in [6.45, 7) is 1.69. The zero-order valence-corrected chi connectivity index (χ0v) is 23.5. The van der Waals surface area contributed by atoms with E-state index in [2.05, 4.69) is 15.3 Å². The molecule has 0 unspecified atom stereocenters. The second-order valence-corrected chi connectivity index (χ2v) is 10.7. The fourth-order valence-electron chi connectivity index (χ4n) is 5.04. The Bertz CT molecular complexity index is 1610. The van der Waals surface area contributed by atoms with Crippen LogP contribution in [0.5, 0.6) is 0 Å². The fourth-order valence-corrected chi connectivity index (χ4v) is 5.04. The van der Waals surface area contributed by atoms with E-state index in [1.54, 1.807) is 51.2 Å². The van der Waals surface area contributed by atoms with Crippen LogP contribution in [0.4, 0.5) is 15.0 Å². The van der Waals surface area contributed by atoms with Crippen LogP contribution in [-0.4, -0.2) is 68.4 Å². The molecule has 1 saturated heterocycles. The van der Waals surface area contributed by atoms with Gasteiger partial charge in [-0.25, -0.2) is 19.2 Å². The number of amides is 3. The second kappa shape index (κ2) is 12.4. The lowest BCUT2D eigenvalue weighted by Crippen LogP contribution is -2.51. The van der Waals surface area contributed by atoms with E-state index in [4.69, 9.17) is 4.74 Å². The summed E-state index contributed by atoms with van der Waals surface area (Å²) >= 11 is 0. The smallest absolute Gasteiger partial charge is 0.410 e. The topological polar surface area (TPSA) is 110 Å². The number of piperazine rings is 1. The van der Waals surface area contributed by atoms with Crippen molar-refractivity contribution in [2.24, 2.45) is 5.92 Å². The van der Waals surface area contributed by atoms with E-state index in [1.807, 2.05) is 30.3 Å². The number of benzene rings is 2. The molecule has 0 spiro atoms. The molecule has 3 amide bonds. The van der Waals surface area contributed by atoms with Gasteiger partial charge in [-0.05, 0) is 54.8 Å². The van der Waals surface area contributed by atoms with Crippen molar-refractivity contribution in [1.29, 1.82) is 0 Å². The van der Waals surface area contributed by atoms with Crippen LogP contribution in [0.3, 0.4) is 0 Å². The van der Waals surface area contributed by atoms with Gasteiger partial charge in [0.15, 0.2) is 0 Å². The standard InChI is InChI=1S/C32H31FN6O4/c33-26-10-8-23(9-11-26)29-30(25-12-13-34-27(18-25)36-31(41)24-6-7-24)39(21-35-29)19-28(40)37-14-16-38(17-15-37)32(42)43-20-22-4-2-1-3-5-22/h1-5,8-13,18,21,24H,6-7,14-17,19-20H2,(H,34,36,41). The van der Waals surface area contributed by atoms with Gasteiger partial charge >= 0.3 is 6.09 Å². The molecule has 2 aliphatic rings. The number of ether oxygens (including phenoxy) is 1. The molecule has 11 heteroatoms. The number of anilines is 1. The highest BCUT2D eigenvalue weighted by molar-refractivity contribution is 5.94. The Morgan fingerprint density at radius 2 is 1.60 bits per heavy atom. The van der Waals surface area contributed by atoms with Crippen molar-refractivity contribution in [3.05, 3.63) is 90.6 Å². The van der Waals surface area contributed by atoms with Crippen LogP contribution < -0.4 is 5.32 Å². The number of hydrogen-bond acceptors (Lipinski definition) is 6. The van der Waals surface area contributed by atoms with Gasteiger partial charge in [-0.2, -0.15) is 0 Å². The maximum atomic E-state index is 13.7. The van der Waals surface area contributed by atoms with Crippen LogP contribution in [-0.2, 0) is 27.5 Å². The molecule has 3 heterocycles. The maximum absolute atomic E-state index is 13.7. The summed E-state index contributed by atoms with van der Waals surface area (Å²) in [5, 5.41) is 2.87. The first-order chi connectivity index (χ1) is 20.9. The summed E-state index contributed by atoms with van der Waals surface area (Å²) in [6, 6.07) is 19.0. The van der Waals surface area contributed by atoms with Gasteiger partial charge in [-0.1, -0.05) is 30.3 Å². The normalized spacial score (nSPS) is 14.8. The first-order valence-corrected chi connectivity index (χ1v) is 14.3. The molecule has 0 atom stereocenters.